The van der Waals surface area contributed by atoms with Gasteiger partial charge < -0.3 is 0 Å². The van der Waals surface area contributed by atoms with Crippen molar-refractivity contribution in [2.75, 3.05) is 0 Å². The van der Waals surface area contributed by atoms with Crippen molar-refractivity contribution < 1.29 is 4.79 Å². The molecule has 2 saturated carbocycles. The van der Waals surface area contributed by atoms with Crippen molar-refractivity contribution in [1.82, 2.24) is 0 Å². The Morgan fingerprint density at radius 2 is 1.25 bits per heavy atom. The van der Waals surface area contributed by atoms with Gasteiger partial charge in [-0.2, -0.15) is 0 Å². The zero-order valence-corrected chi connectivity index (χ0v) is 10.7. The molecule has 2 rings (SSSR count). The Labute approximate surface area is 100.0 Å². The lowest BCUT2D eigenvalue weighted by molar-refractivity contribution is -0.128. The monoisotopic (exact) mass is 222 g/mol. The highest BCUT2D eigenvalue weighted by Crippen LogP contribution is 2.33. The minimum absolute atomic E-state index is 0.430. The van der Waals surface area contributed by atoms with Crippen molar-refractivity contribution in [2.24, 2.45) is 17.8 Å². The van der Waals surface area contributed by atoms with E-state index in [4.69, 9.17) is 0 Å². The smallest absolute Gasteiger partial charge is 0.139 e. The van der Waals surface area contributed by atoms with Crippen LogP contribution in [0.5, 0.6) is 0 Å². The summed E-state index contributed by atoms with van der Waals surface area (Å²) in [4.78, 5) is 12.4. The second kappa shape index (κ2) is 5.84. The highest BCUT2D eigenvalue weighted by atomic mass is 16.1. The summed E-state index contributed by atoms with van der Waals surface area (Å²) < 4.78 is 0. The molecule has 0 bridgehead atoms. The third kappa shape index (κ3) is 3.09. The van der Waals surface area contributed by atoms with E-state index in [1.54, 1.807) is 0 Å². The molecule has 0 saturated heterocycles. The van der Waals surface area contributed by atoms with Crippen LogP contribution >= 0.6 is 0 Å². The molecule has 0 aromatic rings. The van der Waals surface area contributed by atoms with Crippen LogP contribution in [0.15, 0.2) is 0 Å². The van der Waals surface area contributed by atoms with Gasteiger partial charge in [-0.25, -0.2) is 0 Å². The molecule has 0 unspecified atom stereocenters. The van der Waals surface area contributed by atoms with Crippen LogP contribution in [0, 0.1) is 17.8 Å². The minimum atomic E-state index is 0.430. The summed E-state index contributed by atoms with van der Waals surface area (Å²) in [6.45, 7) is 2.33. The highest BCUT2D eigenvalue weighted by molar-refractivity contribution is 5.83. The number of ketones is 1. The van der Waals surface area contributed by atoms with E-state index >= 15 is 0 Å². The first-order chi connectivity index (χ1) is 7.77. The van der Waals surface area contributed by atoms with Crippen molar-refractivity contribution in [3.05, 3.63) is 0 Å². The number of hydrogen-bond acceptors (Lipinski definition) is 1. The number of rotatable bonds is 2. The van der Waals surface area contributed by atoms with Crippen LogP contribution < -0.4 is 0 Å². The van der Waals surface area contributed by atoms with Crippen LogP contribution in [-0.4, -0.2) is 5.78 Å². The predicted octanol–water partition coefficient (Wildman–Crippen LogP) is 4.35. The maximum atomic E-state index is 12.4. The van der Waals surface area contributed by atoms with Crippen molar-refractivity contribution in [3.63, 3.8) is 0 Å². The third-order valence-electron chi connectivity index (χ3n) is 4.68. The van der Waals surface area contributed by atoms with E-state index < -0.39 is 0 Å². The summed E-state index contributed by atoms with van der Waals surface area (Å²) in [5, 5.41) is 0. The molecule has 92 valence electrons. The number of Topliss-reactive ketones (excluding diaryl/α,β-unsaturated/α-hetero) is 1. The van der Waals surface area contributed by atoms with E-state index in [-0.39, 0.29) is 0 Å². The van der Waals surface area contributed by atoms with Gasteiger partial charge in [0, 0.05) is 11.8 Å². The fourth-order valence-electron chi connectivity index (χ4n) is 3.44. The Morgan fingerprint density at radius 1 is 0.750 bits per heavy atom. The Morgan fingerprint density at radius 3 is 1.81 bits per heavy atom. The van der Waals surface area contributed by atoms with Crippen LogP contribution in [0.4, 0.5) is 0 Å². The largest absolute Gasteiger partial charge is 0.299 e. The van der Waals surface area contributed by atoms with Gasteiger partial charge in [-0.3, -0.25) is 4.79 Å². The molecule has 0 aliphatic heterocycles. The predicted molar refractivity (Wildman–Crippen MR) is 67.3 cm³/mol. The number of hydrogen-bond donors (Lipinski definition) is 0. The fourth-order valence-corrected chi connectivity index (χ4v) is 3.44. The van der Waals surface area contributed by atoms with Crippen LogP contribution in [-0.2, 0) is 4.79 Å². The molecular formula is C15H26O. The molecular weight excluding hydrogens is 196 g/mol. The van der Waals surface area contributed by atoms with Gasteiger partial charge in [-0.1, -0.05) is 45.4 Å². The van der Waals surface area contributed by atoms with Gasteiger partial charge in [0.1, 0.15) is 5.78 Å². The average Bonchev–Trinajstić information content (AvgIpc) is 2.57. The maximum Gasteiger partial charge on any atom is 0.139 e. The van der Waals surface area contributed by atoms with Crippen molar-refractivity contribution in [3.8, 4) is 0 Å². The summed E-state index contributed by atoms with van der Waals surface area (Å²) in [5.41, 5.74) is 0. The van der Waals surface area contributed by atoms with Crippen molar-refractivity contribution in [2.45, 2.75) is 71.1 Å². The summed E-state index contributed by atoms with van der Waals surface area (Å²) in [6.07, 6.45) is 12.6. The lowest BCUT2D eigenvalue weighted by Gasteiger charge is -2.27. The standard InChI is InChI=1S/C15H26O/c1-12-8-10-14(11-9-12)15(16)13-6-4-2-3-5-7-13/h12-14H,2-11H2,1H3. The molecule has 0 aromatic carbocycles. The molecule has 1 heteroatoms. The first-order valence-corrected chi connectivity index (χ1v) is 7.31. The van der Waals surface area contributed by atoms with Gasteiger partial charge in [0.25, 0.3) is 0 Å². The van der Waals surface area contributed by atoms with E-state index in [1.807, 2.05) is 0 Å². The second-order valence-corrected chi connectivity index (χ2v) is 6.05. The molecule has 0 heterocycles. The number of carbonyl (C=O) groups excluding carboxylic acids is 1. The van der Waals surface area contributed by atoms with E-state index in [0.29, 0.717) is 17.6 Å². The van der Waals surface area contributed by atoms with Gasteiger partial charge in [0.05, 0.1) is 0 Å². The SMILES string of the molecule is CC1CCC(C(=O)C2CCCCCC2)CC1. The molecule has 0 radical (unpaired) electrons. The summed E-state index contributed by atoms with van der Waals surface area (Å²) in [6, 6.07) is 0. The van der Waals surface area contributed by atoms with Crippen LogP contribution in [0.1, 0.15) is 71.1 Å². The fraction of sp³-hybridized carbons (Fsp3) is 0.933. The normalized spacial score (nSPS) is 33.3. The second-order valence-electron chi connectivity index (χ2n) is 6.05. The molecule has 2 aliphatic carbocycles. The van der Waals surface area contributed by atoms with Crippen LogP contribution in [0.2, 0.25) is 0 Å². The molecule has 0 atom stereocenters. The highest BCUT2D eigenvalue weighted by Gasteiger charge is 2.29. The van der Waals surface area contributed by atoms with E-state index in [0.717, 1.165) is 5.92 Å². The summed E-state index contributed by atoms with van der Waals surface area (Å²) in [7, 11) is 0. The zero-order valence-electron chi connectivity index (χ0n) is 10.7. The topological polar surface area (TPSA) is 17.1 Å². The lowest BCUT2D eigenvalue weighted by atomic mass is 9.76. The summed E-state index contributed by atoms with van der Waals surface area (Å²) >= 11 is 0. The minimum Gasteiger partial charge on any atom is -0.299 e. The van der Waals surface area contributed by atoms with E-state index in [1.165, 1.54) is 64.2 Å². The first kappa shape index (κ1) is 12.1. The summed E-state index contributed by atoms with van der Waals surface area (Å²) in [5.74, 6) is 2.35. The molecule has 2 fully saturated rings. The molecule has 0 aromatic heterocycles. The third-order valence-corrected chi connectivity index (χ3v) is 4.68. The van der Waals surface area contributed by atoms with Gasteiger partial charge >= 0.3 is 0 Å². The average molecular weight is 222 g/mol. The van der Waals surface area contributed by atoms with Gasteiger partial charge in [-0.05, 0) is 31.6 Å². The Kier molecular flexibility index (Phi) is 4.43. The van der Waals surface area contributed by atoms with Crippen LogP contribution in [0.3, 0.4) is 0 Å². The molecule has 1 nitrogen and oxygen atoms in total. The Balaban J connectivity index is 1.85. The first-order valence-electron chi connectivity index (χ1n) is 7.31. The van der Waals surface area contributed by atoms with Gasteiger partial charge in [0.15, 0.2) is 0 Å². The molecule has 2 aliphatic rings. The molecule has 16 heavy (non-hydrogen) atoms. The quantitative estimate of drug-likeness (QED) is 0.635. The van der Waals surface area contributed by atoms with Gasteiger partial charge in [-0.15, -0.1) is 0 Å². The van der Waals surface area contributed by atoms with Gasteiger partial charge in [0.2, 0.25) is 0 Å². The zero-order chi connectivity index (χ0) is 11.4. The van der Waals surface area contributed by atoms with E-state index in [9.17, 15) is 4.79 Å². The molecule has 0 amide bonds. The van der Waals surface area contributed by atoms with Crippen molar-refractivity contribution >= 4 is 5.78 Å². The Bertz CT molecular complexity index is 218. The van der Waals surface area contributed by atoms with Crippen molar-refractivity contribution in [1.29, 1.82) is 0 Å². The lowest BCUT2D eigenvalue weighted by Crippen LogP contribution is -2.27. The Hall–Kier alpha value is -0.330. The molecule has 0 N–H and O–H groups in total. The molecule has 0 spiro atoms. The van der Waals surface area contributed by atoms with E-state index in [2.05, 4.69) is 6.92 Å². The maximum absolute atomic E-state index is 12.4. The number of carbonyl (C=O) groups is 1. The van der Waals surface area contributed by atoms with Crippen LogP contribution in [0.25, 0.3) is 0 Å².